The number of nitrogens with zero attached hydrogens (tertiary/aromatic N) is 3. The second-order valence-corrected chi connectivity index (χ2v) is 7.58. The number of thiazole rings is 1. The van der Waals surface area contributed by atoms with Gasteiger partial charge in [-0.25, -0.2) is 4.98 Å². The largest absolute Gasteiger partial charge is 0.354 e. The summed E-state index contributed by atoms with van der Waals surface area (Å²) in [6.45, 7) is 10.7. The van der Waals surface area contributed by atoms with Gasteiger partial charge in [0.15, 0.2) is 5.96 Å². The highest BCUT2D eigenvalue weighted by Crippen LogP contribution is 2.21. The first-order chi connectivity index (χ1) is 13.2. The molecule has 0 spiro atoms. The molecule has 148 valence electrons. The van der Waals surface area contributed by atoms with Crippen molar-refractivity contribution in [2.75, 3.05) is 26.7 Å². The number of hydrogen-bond acceptors (Lipinski definition) is 4. The number of aromatic nitrogens is 1. The van der Waals surface area contributed by atoms with Crippen LogP contribution < -0.4 is 10.6 Å². The lowest BCUT2D eigenvalue weighted by atomic mass is 10.2. The second-order valence-electron chi connectivity index (χ2n) is 6.63. The molecule has 1 aromatic carbocycles. The molecule has 6 heteroatoms. The minimum atomic E-state index is 0.392. The minimum absolute atomic E-state index is 0.392. The third-order valence-electron chi connectivity index (χ3n) is 4.64. The van der Waals surface area contributed by atoms with Crippen LogP contribution in [0.5, 0.6) is 0 Å². The molecule has 1 unspecified atom stereocenters. The fraction of sp³-hybridized carbons (Fsp3) is 0.524. The molecule has 0 aliphatic heterocycles. The fourth-order valence-electron chi connectivity index (χ4n) is 2.95. The van der Waals surface area contributed by atoms with Gasteiger partial charge in [0.25, 0.3) is 0 Å². The standard InChI is InChI=1S/C21H33N5S/c1-5-26(6-2)14-10-11-17(3)24-21(22-4)23-15-20-25-19(16-27-20)18-12-8-7-9-13-18/h7-9,12-13,16-17H,5-6,10-11,14-15H2,1-4H3,(H2,22,23,24). The molecule has 1 aromatic heterocycles. The van der Waals surface area contributed by atoms with Gasteiger partial charge in [0.05, 0.1) is 12.2 Å². The monoisotopic (exact) mass is 387 g/mol. The lowest BCUT2D eigenvalue weighted by Gasteiger charge is -2.21. The Morgan fingerprint density at radius 2 is 1.96 bits per heavy atom. The van der Waals surface area contributed by atoms with E-state index in [0.29, 0.717) is 12.6 Å². The van der Waals surface area contributed by atoms with Crippen molar-refractivity contribution < 1.29 is 0 Å². The Kier molecular flexibility index (Phi) is 9.28. The van der Waals surface area contributed by atoms with Crippen molar-refractivity contribution in [3.05, 3.63) is 40.7 Å². The van der Waals surface area contributed by atoms with E-state index in [1.165, 1.54) is 6.42 Å². The lowest BCUT2D eigenvalue weighted by molar-refractivity contribution is 0.292. The third-order valence-corrected chi connectivity index (χ3v) is 5.49. The van der Waals surface area contributed by atoms with Gasteiger partial charge in [0.1, 0.15) is 5.01 Å². The average molecular weight is 388 g/mol. The maximum absolute atomic E-state index is 4.72. The van der Waals surface area contributed by atoms with Crippen molar-refractivity contribution in [3.8, 4) is 11.3 Å². The van der Waals surface area contributed by atoms with Gasteiger partial charge in [-0.2, -0.15) is 0 Å². The van der Waals surface area contributed by atoms with Gasteiger partial charge < -0.3 is 15.5 Å². The molecule has 0 aliphatic carbocycles. The summed E-state index contributed by atoms with van der Waals surface area (Å²) in [6, 6.07) is 10.7. The summed E-state index contributed by atoms with van der Waals surface area (Å²) < 4.78 is 0. The summed E-state index contributed by atoms with van der Waals surface area (Å²) in [5.41, 5.74) is 2.19. The molecule has 0 aliphatic rings. The predicted octanol–water partition coefficient (Wildman–Crippen LogP) is 3.99. The molecule has 2 rings (SSSR count). The van der Waals surface area contributed by atoms with Gasteiger partial charge in [0, 0.05) is 24.0 Å². The van der Waals surface area contributed by atoms with Gasteiger partial charge >= 0.3 is 0 Å². The predicted molar refractivity (Wildman–Crippen MR) is 117 cm³/mol. The van der Waals surface area contributed by atoms with Crippen LogP contribution in [0.3, 0.4) is 0 Å². The minimum Gasteiger partial charge on any atom is -0.354 e. The van der Waals surface area contributed by atoms with Crippen LogP contribution in [0, 0.1) is 0 Å². The van der Waals surface area contributed by atoms with Crippen LogP contribution in [-0.4, -0.2) is 48.6 Å². The summed E-state index contributed by atoms with van der Waals surface area (Å²) >= 11 is 1.68. The van der Waals surface area contributed by atoms with E-state index in [1.54, 1.807) is 11.3 Å². The second kappa shape index (κ2) is 11.7. The molecule has 27 heavy (non-hydrogen) atoms. The molecule has 0 fully saturated rings. The van der Waals surface area contributed by atoms with E-state index >= 15 is 0 Å². The Hall–Kier alpha value is -1.92. The maximum Gasteiger partial charge on any atom is 0.191 e. The zero-order chi connectivity index (χ0) is 19.5. The van der Waals surface area contributed by atoms with Crippen LogP contribution in [0.15, 0.2) is 40.7 Å². The van der Waals surface area contributed by atoms with Crippen LogP contribution in [0.25, 0.3) is 11.3 Å². The first-order valence-electron chi connectivity index (χ1n) is 9.85. The van der Waals surface area contributed by atoms with Gasteiger partial charge in [-0.1, -0.05) is 44.2 Å². The topological polar surface area (TPSA) is 52.5 Å². The molecule has 0 amide bonds. The molecular weight excluding hydrogens is 354 g/mol. The zero-order valence-electron chi connectivity index (χ0n) is 17.0. The van der Waals surface area contributed by atoms with E-state index in [2.05, 4.69) is 58.8 Å². The van der Waals surface area contributed by atoms with Crippen LogP contribution in [-0.2, 0) is 6.54 Å². The summed E-state index contributed by atoms with van der Waals surface area (Å²) in [6.07, 6.45) is 2.33. The van der Waals surface area contributed by atoms with Gasteiger partial charge in [0.2, 0.25) is 0 Å². The normalized spacial score (nSPS) is 13.0. The molecular formula is C21H33N5S. The molecule has 0 saturated carbocycles. The number of rotatable bonds is 10. The summed E-state index contributed by atoms with van der Waals surface area (Å²) in [7, 11) is 1.81. The summed E-state index contributed by atoms with van der Waals surface area (Å²) in [5.74, 6) is 0.835. The first kappa shape index (κ1) is 21.4. The molecule has 2 N–H and O–H groups in total. The third kappa shape index (κ3) is 7.31. The van der Waals surface area contributed by atoms with Crippen molar-refractivity contribution in [1.82, 2.24) is 20.5 Å². The Labute approximate surface area is 167 Å². The van der Waals surface area contributed by atoms with E-state index in [1.807, 2.05) is 25.2 Å². The number of aliphatic imine (C=N–C) groups is 1. The Balaban J connectivity index is 1.76. The Morgan fingerprint density at radius 3 is 2.63 bits per heavy atom. The summed E-state index contributed by atoms with van der Waals surface area (Å²) in [5, 5.41) is 10.0. The Morgan fingerprint density at radius 1 is 1.22 bits per heavy atom. The highest BCUT2D eigenvalue weighted by Gasteiger charge is 2.08. The van der Waals surface area contributed by atoms with Crippen LogP contribution in [0.4, 0.5) is 0 Å². The highest BCUT2D eigenvalue weighted by atomic mass is 32.1. The van der Waals surface area contributed by atoms with E-state index < -0.39 is 0 Å². The maximum atomic E-state index is 4.72. The lowest BCUT2D eigenvalue weighted by Crippen LogP contribution is -2.42. The van der Waals surface area contributed by atoms with E-state index in [0.717, 1.165) is 48.3 Å². The van der Waals surface area contributed by atoms with E-state index in [9.17, 15) is 0 Å². The van der Waals surface area contributed by atoms with Crippen molar-refractivity contribution in [3.63, 3.8) is 0 Å². The SMILES string of the molecule is CCN(CC)CCCC(C)NC(=NC)NCc1nc(-c2ccccc2)cs1. The molecule has 1 heterocycles. The molecule has 1 atom stereocenters. The molecule has 0 saturated heterocycles. The van der Waals surface area contributed by atoms with Gasteiger partial charge in [-0.05, 0) is 39.4 Å². The number of guanidine groups is 1. The van der Waals surface area contributed by atoms with Crippen molar-refractivity contribution in [2.45, 2.75) is 46.2 Å². The number of nitrogens with one attached hydrogen (secondary N) is 2. The molecule has 5 nitrogen and oxygen atoms in total. The smallest absolute Gasteiger partial charge is 0.191 e. The zero-order valence-corrected chi connectivity index (χ0v) is 17.9. The molecule has 0 radical (unpaired) electrons. The quantitative estimate of drug-likeness (QED) is 0.478. The van der Waals surface area contributed by atoms with Crippen molar-refractivity contribution in [2.24, 2.45) is 4.99 Å². The van der Waals surface area contributed by atoms with Crippen molar-refractivity contribution in [1.29, 1.82) is 0 Å². The van der Waals surface area contributed by atoms with Gasteiger partial charge in [-0.3, -0.25) is 4.99 Å². The number of hydrogen-bond donors (Lipinski definition) is 2. The first-order valence-corrected chi connectivity index (χ1v) is 10.7. The van der Waals surface area contributed by atoms with E-state index in [-0.39, 0.29) is 0 Å². The van der Waals surface area contributed by atoms with Crippen LogP contribution >= 0.6 is 11.3 Å². The Bertz CT molecular complexity index is 679. The van der Waals surface area contributed by atoms with Crippen LogP contribution in [0.1, 0.15) is 38.6 Å². The summed E-state index contributed by atoms with van der Waals surface area (Å²) in [4.78, 5) is 11.5. The molecule has 2 aromatic rings. The van der Waals surface area contributed by atoms with Gasteiger partial charge in [-0.15, -0.1) is 11.3 Å². The molecule has 0 bridgehead atoms. The highest BCUT2D eigenvalue weighted by molar-refractivity contribution is 7.09. The average Bonchev–Trinajstić information content (AvgIpc) is 3.18. The fourth-order valence-corrected chi connectivity index (χ4v) is 3.70. The number of benzene rings is 1. The van der Waals surface area contributed by atoms with E-state index in [4.69, 9.17) is 4.98 Å². The van der Waals surface area contributed by atoms with Crippen molar-refractivity contribution >= 4 is 17.3 Å². The van der Waals surface area contributed by atoms with Crippen LogP contribution in [0.2, 0.25) is 0 Å².